The van der Waals surface area contributed by atoms with Crippen molar-refractivity contribution in [3.05, 3.63) is 35.1 Å². The second-order valence-electron chi connectivity index (χ2n) is 6.12. The minimum Gasteiger partial charge on any atom is -0.444 e. The Kier molecular flexibility index (Phi) is 6.65. The van der Waals surface area contributed by atoms with E-state index >= 15 is 0 Å². The van der Waals surface area contributed by atoms with Crippen molar-refractivity contribution in [1.29, 1.82) is 0 Å². The maximum Gasteiger partial charge on any atom is 0.407 e. The molecule has 1 aromatic rings. The van der Waals surface area contributed by atoms with Crippen molar-refractivity contribution in [3.8, 4) is 0 Å². The highest BCUT2D eigenvalue weighted by Crippen LogP contribution is 2.22. The molecule has 128 valence electrons. The smallest absolute Gasteiger partial charge is 0.407 e. The summed E-state index contributed by atoms with van der Waals surface area (Å²) in [5.74, 6) is -0.607. The lowest BCUT2D eigenvalue weighted by molar-refractivity contribution is 0.0120. The average Bonchev–Trinajstić information content (AvgIpc) is 2.44. The first-order chi connectivity index (χ1) is 10.6. The Morgan fingerprint density at radius 2 is 2.04 bits per heavy atom. The molecule has 6 nitrogen and oxygen atoms in total. The predicted molar refractivity (Wildman–Crippen MR) is 81.6 cm³/mol. The molecule has 0 bridgehead atoms. The normalized spacial score (nSPS) is 14.0. The maximum absolute atomic E-state index is 13.1. The van der Waals surface area contributed by atoms with Crippen LogP contribution < -0.4 is 5.32 Å². The van der Waals surface area contributed by atoms with Crippen molar-refractivity contribution in [1.82, 2.24) is 5.32 Å². The molecule has 1 aromatic carbocycles. The van der Waals surface area contributed by atoms with E-state index in [0.29, 0.717) is 6.29 Å². The fourth-order valence-corrected chi connectivity index (χ4v) is 1.92. The monoisotopic (exact) mass is 327 g/mol. The van der Waals surface area contributed by atoms with E-state index in [2.05, 4.69) is 5.32 Å². The predicted octanol–water partition coefficient (Wildman–Crippen LogP) is 1.95. The van der Waals surface area contributed by atoms with Crippen LogP contribution in [0.2, 0.25) is 0 Å². The van der Waals surface area contributed by atoms with Crippen LogP contribution in [-0.2, 0) is 4.74 Å². The molecule has 3 N–H and O–H groups in total. The van der Waals surface area contributed by atoms with Gasteiger partial charge in [-0.3, -0.25) is 4.79 Å². The molecule has 23 heavy (non-hydrogen) atoms. The fraction of sp³-hybridized carbons (Fsp3) is 0.500. The summed E-state index contributed by atoms with van der Waals surface area (Å²) in [5.41, 5.74) is -0.530. The topological polar surface area (TPSA) is 95.9 Å². The van der Waals surface area contributed by atoms with Crippen molar-refractivity contribution in [2.45, 2.75) is 45.0 Å². The number of aliphatic hydroxyl groups is 2. The molecule has 1 rings (SSSR count). The van der Waals surface area contributed by atoms with Crippen LogP contribution in [0.4, 0.5) is 9.18 Å². The summed E-state index contributed by atoms with van der Waals surface area (Å²) in [6.45, 7) is 5.24. The molecular weight excluding hydrogens is 305 g/mol. The Morgan fingerprint density at radius 3 is 2.61 bits per heavy atom. The quantitative estimate of drug-likeness (QED) is 0.694. The van der Waals surface area contributed by atoms with E-state index in [0.717, 1.165) is 12.1 Å². The molecule has 2 unspecified atom stereocenters. The van der Waals surface area contributed by atoms with Gasteiger partial charge in [0.15, 0.2) is 6.29 Å². The first kappa shape index (κ1) is 19.1. The SMILES string of the molecule is CC(C)(C)OC(=O)NCCC(O)C(O)c1ccc(F)cc1C=O. The fourth-order valence-electron chi connectivity index (χ4n) is 1.92. The van der Waals surface area contributed by atoms with Crippen LogP contribution in [-0.4, -0.2) is 40.8 Å². The van der Waals surface area contributed by atoms with Crippen LogP contribution in [0.5, 0.6) is 0 Å². The summed E-state index contributed by atoms with van der Waals surface area (Å²) in [6, 6.07) is 3.32. The van der Waals surface area contributed by atoms with Gasteiger partial charge >= 0.3 is 6.09 Å². The highest BCUT2D eigenvalue weighted by atomic mass is 19.1. The Hall–Kier alpha value is -1.99. The molecule has 0 aromatic heterocycles. The molecule has 0 aliphatic heterocycles. The van der Waals surface area contributed by atoms with Gasteiger partial charge in [-0.25, -0.2) is 9.18 Å². The van der Waals surface area contributed by atoms with E-state index in [9.17, 15) is 24.2 Å². The van der Waals surface area contributed by atoms with Gasteiger partial charge in [0.05, 0.1) is 6.10 Å². The number of ether oxygens (including phenoxy) is 1. The van der Waals surface area contributed by atoms with Gasteiger partial charge in [0.25, 0.3) is 0 Å². The third-order valence-electron chi connectivity index (χ3n) is 2.97. The van der Waals surface area contributed by atoms with Crippen LogP contribution in [0.25, 0.3) is 0 Å². The first-order valence-corrected chi connectivity index (χ1v) is 7.21. The number of hydrogen-bond donors (Lipinski definition) is 3. The lowest BCUT2D eigenvalue weighted by atomic mass is 9.97. The number of alkyl carbamates (subject to hydrolysis) is 1. The van der Waals surface area contributed by atoms with Crippen LogP contribution >= 0.6 is 0 Å². The van der Waals surface area contributed by atoms with Gasteiger partial charge in [0.2, 0.25) is 0 Å². The van der Waals surface area contributed by atoms with Crippen LogP contribution in [0.3, 0.4) is 0 Å². The standard InChI is InChI=1S/C16H22FNO5/c1-16(2,3)23-15(22)18-7-6-13(20)14(21)12-5-4-11(17)8-10(12)9-19/h4-5,8-9,13-14,20-21H,6-7H2,1-3H3,(H,18,22). The highest BCUT2D eigenvalue weighted by Gasteiger charge is 2.22. The van der Waals surface area contributed by atoms with E-state index in [1.54, 1.807) is 20.8 Å². The third kappa shape index (κ3) is 6.33. The van der Waals surface area contributed by atoms with Gasteiger partial charge in [0, 0.05) is 12.1 Å². The molecule has 0 aliphatic rings. The Balaban J connectivity index is 2.56. The van der Waals surface area contributed by atoms with Crippen molar-refractivity contribution in [3.63, 3.8) is 0 Å². The number of amides is 1. The van der Waals surface area contributed by atoms with E-state index in [1.807, 2.05) is 0 Å². The summed E-state index contributed by atoms with van der Waals surface area (Å²) in [5, 5.41) is 22.5. The summed E-state index contributed by atoms with van der Waals surface area (Å²) < 4.78 is 18.1. The molecule has 0 aliphatic carbocycles. The zero-order valence-electron chi connectivity index (χ0n) is 13.4. The van der Waals surface area contributed by atoms with Gasteiger partial charge in [-0.05, 0) is 44.9 Å². The van der Waals surface area contributed by atoms with E-state index < -0.39 is 29.7 Å². The number of rotatable bonds is 6. The minimum absolute atomic E-state index is 0.0309. The zero-order chi connectivity index (χ0) is 17.6. The number of halogens is 1. The van der Waals surface area contributed by atoms with Crippen LogP contribution in [0.15, 0.2) is 18.2 Å². The number of aliphatic hydroxyl groups excluding tert-OH is 2. The summed E-state index contributed by atoms with van der Waals surface area (Å²) in [6.07, 6.45) is -2.77. The molecule has 7 heteroatoms. The van der Waals surface area contributed by atoms with Crippen molar-refractivity contribution >= 4 is 12.4 Å². The van der Waals surface area contributed by atoms with Crippen molar-refractivity contribution in [2.24, 2.45) is 0 Å². The Bertz CT molecular complexity index is 556. The third-order valence-corrected chi connectivity index (χ3v) is 2.97. The van der Waals surface area contributed by atoms with Crippen molar-refractivity contribution in [2.75, 3.05) is 6.54 Å². The van der Waals surface area contributed by atoms with Gasteiger partial charge in [-0.1, -0.05) is 6.07 Å². The molecule has 2 atom stereocenters. The first-order valence-electron chi connectivity index (χ1n) is 7.21. The van der Waals surface area contributed by atoms with Gasteiger partial charge in [-0.2, -0.15) is 0 Å². The Labute approximate surface area is 134 Å². The molecular formula is C16H22FNO5. The number of carbonyl (C=O) groups is 2. The molecule has 0 heterocycles. The number of nitrogens with one attached hydrogen (secondary N) is 1. The van der Waals surface area contributed by atoms with Crippen LogP contribution in [0.1, 0.15) is 49.2 Å². The highest BCUT2D eigenvalue weighted by molar-refractivity contribution is 5.77. The van der Waals surface area contributed by atoms with Gasteiger partial charge in [-0.15, -0.1) is 0 Å². The largest absolute Gasteiger partial charge is 0.444 e. The van der Waals surface area contributed by atoms with Gasteiger partial charge < -0.3 is 20.3 Å². The molecule has 0 saturated heterocycles. The van der Waals surface area contributed by atoms with E-state index in [-0.39, 0.29) is 24.1 Å². The second-order valence-corrected chi connectivity index (χ2v) is 6.12. The number of aldehydes is 1. The summed E-state index contributed by atoms with van der Waals surface area (Å²) in [4.78, 5) is 22.4. The maximum atomic E-state index is 13.1. The second kappa shape index (κ2) is 8.03. The summed E-state index contributed by atoms with van der Waals surface area (Å²) in [7, 11) is 0. The molecule has 0 saturated carbocycles. The average molecular weight is 327 g/mol. The number of hydrogen-bond acceptors (Lipinski definition) is 5. The zero-order valence-corrected chi connectivity index (χ0v) is 13.4. The minimum atomic E-state index is -1.36. The lowest BCUT2D eigenvalue weighted by Gasteiger charge is -2.21. The van der Waals surface area contributed by atoms with Crippen LogP contribution in [0, 0.1) is 5.82 Å². The Morgan fingerprint density at radius 1 is 1.39 bits per heavy atom. The van der Waals surface area contributed by atoms with E-state index in [4.69, 9.17) is 4.74 Å². The van der Waals surface area contributed by atoms with Gasteiger partial charge in [0.1, 0.15) is 17.5 Å². The molecule has 0 spiro atoms. The molecule has 0 fully saturated rings. The molecule has 0 radical (unpaired) electrons. The lowest BCUT2D eigenvalue weighted by Crippen LogP contribution is -2.34. The van der Waals surface area contributed by atoms with E-state index in [1.165, 1.54) is 6.07 Å². The van der Waals surface area contributed by atoms with Crippen molar-refractivity contribution < 1.29 is 28.9 Å². The summed E-state index contributed by atoms with van der Waals surface area (Å²) >= 11 is 0. The number of benzene rings is 1. The molecule has 1 amide bonds. The number of carbonyl (C=O) groups excluding carboxylic acids is 2.